The van der Waals surface area contributed by atoms with Gasteiger partial charge in [0.2, 0.25) is 0 Å². The van der Waals surface area contributed by atoms with Crippen LogP contribution in [0.15, 0.2) is 39.6 Å². The van der Waals surface area contributed by atoms with Crippen molar-refractivity contribution in [3.63, 3.8) is 0 Å². The number of piperazine rings is 1. The van der Waals surface area contributed by atoms with E-state index in [-0.39, 0.29) is 0 Å². The van der Waals surface area contributed by atoms with Gasteiger partial charge in [0.05, 0.1) is 0 Å². The lowest BCUT2D eigenvalue weighted by Crippen LogP contribution is -2.47. The van der Waals surface area contributed by atoms with E-state index in [0.717, 1.165) is 50.0 Å². The molecule has 3 rings (SSSR count). The topological polar surface area (TPSA) is 34.4 Å². The first-order valence-corrected chi connectivity index (χ1v) is 6.72. The average Bonchev–Trinajstić information content (AvgIpc) is 2.64. The maximum absolute atomic E-state index is 4.51. The molecule has 0 aromatic heterocycles. The highest BCUT2D eigenvalue weighted by Gasteiger charge is 2.25. The molecular weight excluding hydrogens is 238 g/mol. The summed E-state index contributed by atoms with van der Waals surface area (Å²) < 4.78 is 0. The molecule has 0 unspecified atom stereocenters. The van der Waals surface area contributed by atoms with Crippen LogP contribution in [0, 0.1) is 0 Å². The van der Waals surface area contributed by atoms with Gasteiger partial charge in [0.15, 0.2) is 5.82 Å². The number of allylic oxidation sites excluding steroid dienone is 2. The van der Waals surface area contributed by atoms with E-state index in [0.29, 0.717) is 0 Å². The molecule has 5 nitrogen and oxygen atoms in total. The van der Waals surface area contributed by atoms with E-state index >= 15 is 0 Å². The largest absolute Gasteiger partial charge is 0.354 e. The summed E-state index contributed by atoms with van der Waals surface area (Å²) in [5, 5.41) is 6.41. The Labute approximate surface area is 113 Å². The van der Waals surface area contributed by atoms with Gasteiger partial charge in [-0.2, -0.15) is 10.1 Å². The van der Waals surface area contributed by atoms with Gasteiger partial charge in [0.1, 0.15) is 5.82 Å². The van der Waals surface area contributed by atoms with Crippen LogP contribution in [0.4, 0.5) is 0 Å². The van der Waals surface area contributed by atoms with Gasteiger partial charge in [-0.05, 0) is 20.0 Å². The number of hydrogen-bond acceptors (Lipinski definition) is 5. The van der Waals surface area contributed by atoms with Gasteiger partial charge in [-0.1, -0.05) is 5.73 Å². The Hall–Kier alpha value is -1.84. The third kappa shape index (κ3) is 2.48. The highest BCUT2D eigenvalue weighted by molar-refractivity contribution is 5.94. The molecule has 0 aromatic carbocycles. The Morgan fingerprint density at radius 2 is 2.00 bits per heavy atom. The smallest absolute Gasteiger partial charge is 0.199 e. The normalized spacial score (nSPS) is 23.6. The van der Waals surface area contributed by atoms with Crippen molar-refractivity contribution in [1.29, 1.82) is 0 Å². The van der Waals surface area contributed by atoms with Gasteiger partial charge in [-0.15, -0.1) is 0 Å². The van der Waals surface area contributed by atoms with Crippen molar-refractivity contribution in [2.45, 2.75) is 13.3 Å². The van der Waals surface area contributed by atoms with E-state index in [1.165, 1.54) is 0 Å². The van der Waals surface area contributed by atoms with Crippen LogP contribution in [-0.2, 0) is 0 Å². The van der Waals surface area contributed by atoms with Gasteiger partial charge in [-0.25, -0.2) is 4.99 Å². The van der Waals surface area contributed by atoms with Gasteiger partial charge < -0.3 is 9.80 Å². The summed E-state index contributed by atoms with van der Waals surface area (Å²) in [5.74, 6) is 1.91. The second-order valence-electron chi connectivity index (χ2n) is 5.06. The maximum Gasteiger partial charge on any atom is 0.199 e. The van der Waals surface area contributed by atoms with Crippen LogP contribution in [-0.4, -0.2) is 60.0 Å². The van der Waals surface area contributed by atoms with Crippen LogP contribution < -0.4 is 0 Å². The molecule has 0 bridgehead atoms. The SMILES string of the molecule is CC1=NC2=C=CCC=NN2C(N2CCN(C)CC2)=C1. The van der Waals surface area contributed by atoms with Gasteiger partial charge in [0.25, 0.3) is 0 Å². The van der Waals surface area contributed by atoms with E-state index in [4.69, 9.17) is 0 Å². The van der Waals surface area contributed by atoms with E-state index in [1.807, 2.05) is 24.2 Å². The Morgan fingerprint density at radius 3 is 2.79 bits per heavy atom. The van der Waals surface area contributed by atoms with E-state index in [2.05, 4.69) is 38.7 Å². The first-order chi connectivity index (χ1) is 9.24. The lowest BCUT2D eigenvalue weighted by Gasteiger charge is -2.39. The van der Waals surface area contributed by atoms with Crippen molar-refractivity contribution in [3.05, 3.63) is 29.5 Å². The second-order valence-corrected chi connectivity index (χ2v) is 5.06. The number of fused-ring (bicyclic) bond motifs is 1. The van der Waals surface area contributed by atoms with Crippen LogP contribution in [0.25, 0.3) is 0 Å². The fraction of sp³-hybridized carbons (Fsp3) is 0.500. The fourth-order valence-corrected chi connectivity index (χ4v) is 2.40. The first-order valence-electron chi connectivity index (χ1n) is 6.72. The van der Waals surface area contributed by atoms with Crippen LogP contribution >= 0.6 is 0 Å². The van der Waals surface area contributed by atoms with E-state index in [1.54, 1.807) is 0 Å². The molecule has 19 heavy (non-hydrogen) atoms. The van der Waals surface area contributed by atoms with Crippen LogP contribution in [0.3, 0.4) is 0 Å². The maximum atomic E-state index is 4.51. The van der Waals surface area contributed by atoms with Crippen LogP contribution in [0.2, 0.25) is 0 Å². The summed E-state index contributed by atoms with van der Waals surface area (Å²) in [5.41, 5.74) is 4.23. The van der Waals surface area contributed by atoms with Crippen molar-refractivity contribution < 1.29 is 0 Å². The van der Waals surface area contributed by atoms with Crippen molar-refractivity contribution >= 4 is 11.9 Å². The highest BCUT2D eigenvalue weighted by Crippen LogP contribution is 2.24. The Balaban J connectivity index is 1.91. The molecule has 1 saturated heterocycles. The lowest BCUT2D eigenvalue weighted by atomic mass is 10.2. The molecule has 3 heterocycles. The van der Waals surface area contributed by atoms with Crippen molar-refractivity contribution in [2.75, 3.05) is 33.2 Å². The summed E-state index contributed by atoms with van der Waals surface area (Å²) in [4.78, 5) is 9.24. The molecule has 3 aliphatic rings. The zero-order chi connectivity index (χ0) is 13.2. The highest BCUT2D eigenvalue weighted by atomic mass is 15.6. The Bertz CT molecular complexity index is 514. The molecule has 0 amide bonds. The lowest BCUT2D eigenvalue weighted by molar-refractivity contribution is 0.151. The summed E-state index contributed by atoms with van der Waals surface area (Å²) >= 11 is 0. The zero-order valence-electron chi connectivity index (χ0n) is 11.5. The van der Waals surface area contributed by atoms with Gasteiger partial charge in [0, 0.05) is 50.6 Å². The quantitative estimate of drug-likeness (QED) is 0.663. The molecule has 0 aromatic rings. The molecule has 5 heteroatoms. The number of nitrogens with zero attached hydrogens (tertiary/aromatic N) is 5. The number of likely N-dealkylation sites (N-methyl/N-ethyl adjacent to an activating group) is 1. The van der Waals surface area contributed by atoms with Crippen molar-refractivity contribution in [3.8, 4) is 0 Å². The zero-order valence-corrected chi connectivity index (χ0v) is 11.5. The average molecular weight is 257 g/mol. The van der Waals surface area contributed by atoms with Gasteiger partial charge in [-0.3, -0.25) is 0 Å². The number of hydrazone groups is 1. The number of rotatable bonds is 1. The molecular formula is C14H19N5. The van der Waals surface area contributed by atoms with E-state index in [9.17, 15) is 0 Å². The molecule has 100 valence electrons. The summed E-state index contributed by atoms with van der Waals surface area (Å²) in [7, 11) is 2.16. The molecule has 3 aliphatic heterocycles. The molecule has 1 fully saturated rings. The number of hydrogen-bond donors (Lipinski definition) is 0. The predicted octanol–water partition coefficient (Wildman–Crippen LogP) is 1.24. The summed E-state index contributed by atoms with van der Waals surface area (Å²) in [6, 6.07) is 0. The molecule has 0 radical (unpaired) electrons. The minimum absolute atomic E-state index is 0.794. The molecule has 0 N–H and O–H groups in total. The monoisotopic (exact) mass is 257 g/mol. The van der Waals surface area contributed by atoms with Gasteiger partial charge >= 0.3 is 0 Å². The molecule has 0 saturated carbocycles. The minimum atomic E-state index is 0.794. The summed E-state index contributed by atoms with van der Waals surface area (Å²) in [6.45, 7) is 6.24. The van der Waals surface area contributed by atoms with Crippen molar-refractivity contribution in [1.82, 2.24) is 14.8 Å². The fourth-order valence-electron chi connectivity index (χ4n) is 2.40. The molecule has 0 atom stereocenters. The number of aliphatic imine (C=N–C) groups is 1. The third-order valence-corrected chi connectivity index (χ3v) is 3.52. The Morgan fingerprint density at radius 1 is 1.21 bits per heavy atom. The molecule has 0 spiro atoms. The summed E-state index contributed by atoms with van der Waals surface area (Å²) in [6.07, 6.45) is 6.80. The van der Waals surface area contributed by atoms with Crippen LogP contribution in [0.1, 0.15) is 13.3 Å². The Kier molecular flexibility index (Phi) is 3.23. The standard InChI is InChI=1S/C14H19N5/c1-12-11-14(18-9-7-17(2)8-10-18)19-13(16-12)5-3-4-6-15-19/h3,6,11H,4,7-10H2,1-2H3. The predicted molar refractivity (Wildman–Crippen MR) is 76.8 cm³/mol. The second kappa shape index (κ2) is 5.03. The van der Waals surface area contributed by atoms with E-state index < -0.39 is 0 Å². The molecule has 0 aliphatic carbocycles. The third-order valence-electron chi connectivity index (χ3n) is 3.52. The minimum Gasteiger partial charge on any atom is -0.354 e. The van der Waals surface area contributed by atoms with Crippen LogP contribution in [0.5, 0.6) is 0 Å². The van der Waals surface area contributed by atoms with Crippen molar-refractivity contribution in [2.24, 2.45) is 10.1 Å². The first kappa shape index (κ1) is 12.2.